The van der Waals surface area contributed by atoms with Gasteiger partial charge in [0.1, 0.15) is 11.4 Å². The largest absolute Gasteiger partial charge is 0.497 e. The van der Waals surface area contributed by atoms with Crippen LogP contribution >= 0.6 is 0 Å². The first-order valence-corrected chi connectivity index (χ1v) is 10.4. The normalized spacial score (nSPS) is 28.3. The average molecular weight is 423 g/mol. The van der Waals surface area contributed by atoms with Crippen LogP contribution in [0.15, 0.2) is 47.0 Å². The van der Waals surface area contributed by atoms with Gasteiger partial charge in [0.2, 0.25) is 11.8 Å². The highest BCUT2D eigenvalue weighted by atomic mass is 16.5. The van der Waals surface area contributed by atoms with Gasteiger partial charge in [-0.25, -0.2) is 0 Å². The van der Waals surface area contributed by atoms with E-state index in [1.165, 1.54) is 0 Å². The number of aryl methyl sites for hydroxylation is 1. The molecule has 0 radical (unpaired) electrons. The molecule has 0 unspecified atom stereocenters. The number of aromatic nitrogens is 1. The Balaban J connectivity index is 1.35. The van der Waals surface area contributed by atoms with Gasteiger partial charge < -0.3 is 23.8 Å². The lowest BCUT2D eigenvalue weighted by atomic mass is 9.76. The molecule has 2 aromatic rings. The summed E-state index contributed by atoms with van der Waals surface area (Å²) >= 11 is 0. The molecule has 162 valence electrons. The van der Waals surface area contributed by atoms with E-state index < -0.39 is 17.4 Å². The fourth-order valence-electron chi connectivity index (χ4n) is 5.04. The maximum Gasteiger partial charge on any atom is 0.230 e. The highest BCUT2D eigenvalue weighted by Gasteiger charge is 2.67. The molecule has 8 heteroatoms. The molecule has 3 aliphatic rings. The second kappa shape index (κ2) is 7.23. The quantitative estimate of drug-likeness (QED) is 0.660. The summed E-state index contributed by atoms with van der Waals surface area (Å²) in [6, 6.07) is 9.46. The highest BCUT2D eigenvalue weighted by molar-refractivity contribution is 5.93. The molecule has 31 heavy (non-hydrogen) atoms. The van der Waals surface area contributed by atoms with Gasteiger partial charge in [-0.15, -0.1) is 0 Å². The standard InChI is InChI=1S/C23H25N3O5/c1-14-9-17(31-24-14)12-25(2)21(27)19-18-7-8-23(30-18)13-26(22(28)20(19)23)11-15-5-4-6-16(10-15)29-3/h4-10,18-20H,11-13H2,1-3H3/t18-,19-,20+,23-/m0/s1. The molecular formula is C23H25N3O5. The van der Waals surface area contributed by atoms with Crippen LogP contribution in [0.3, 0.4) is 0 Å². The Morgan fingerprint density at radius 1 is 1.39 bits per heavy atom. The van der Waals surface area contributed by atoms with Gasteiger partial charge in [-0.3, -0.25) is 9.59 Å². The summed E-state index contributed by atoms with van der Waals surface area (Å²) in [6.45, 7) is 3.02. The van der Waals surface area contributed by atoms with Gasteiger partial charge >= 0.3 is 0 Å². The van der Waals surface area contributed by atoms with Crippen molar-refractivity contribution >= 4 is 11.8 Å². The molecule has 5 rings (SSSR count). The van der Waals surface area contributed by atoms with Gasteiger partial charge in [-0.2, -0.15) is 0 Å². The van der Waals surface area contributed by atoms with Crippen LogP contribution in [0.2, 0.25) is 0 Å². The first-order valence-electron chi connectivity index (χ1n) is 10.4. The van der Waals surface area contributed by atoms with E-state index in [0.717, 1.165) is 17.0 Å². The van der Waals surface area contributed by atoms with Gasteiger partial charge in [0.25, 0.3) is 0 Å². The van der Waals surface area contributed by atoms with Crippen molar-refractivity contribution < 1.29 is 23.6 Å². The maximum absolute atomic E-state index is 13.4. The molecule has 2 fully saturated rings. The minimum atomic E-state index is -0.732. The number of hydrogen-bond acceptors (Lipinski definition) is 6. The summed E-state index contributed by atoms with van der Waals surface area (Å²) in [4.78, 5) is 30.1. The van der Waals surface area contributed by atoms with Crippen molar-refractivity contribution in [2.24, 2.45) is 11.8 Å². The van der Waals surface area contributed by atoms with Crippen LogP contribution in [0.5, 0.6) is 5.75 Å². The Bertz CT molecular complexity index is 1060. The zero-order valence-corrected chi connectivity index (χ0v) is 17.8. The topological polar surface area (TPSA) is 85.1 Å². The SMILES string of the molecule is COc1cccc(CN2C[C@]34C=C[C@H](O3)[C@H](C(=O)N(C)Cc3cc(C)no3)[C@@H]4C2=O)c1. The van der Waals surface area contributed by atoms with E-state index in [0.29, 0.717) is 25.4 Å². The van der Waals surface area contributed by atoms with E-state index in [2.05, 4.69) is 5.16 Å². The van der Waals surface area contributed by atoms with E-state index >= 15 is 0 Å². The summed E-state index contributed by atoms with van der Waals surface area (Å²) in [7, 11) is 3.34. The number of carbonyl (C=O) groups excluding carboxylic acids is 2. The van der Waals surface area contributed by atoms with Gasteiger partial charge in [0.15, 0.2) is 5.76 Å². The van der Waals surface area contributed by atoms with E-state index in [4.69, 9.17) is 14.0 Å². The summed E-state index contributed by atoms with van der Waals surface area (Å²) in [5, 5.41) is 3.87. The van der Waals surface area contributed by atoms with Crippen molar-refractivity contribution in [2.45, 2.75) is 31.7 Å². The number of benzene rings is 1. The fraction of sp³-hybridized carbons (Fsp3) is 0.435. The predicted molar refractivity (Wildman–Crippen MR) is 110 cm³/mol. The Morgan fingerprint density at radius 2 is 2.23 bits per heavy atom. The Kier molecular flexibility index (Phi) is 4.62. The van der Waals surface area contributed by atoms with Crippen molar-refractivity contribution in [3.63, 3.8) is 0 Å². The first-order chi connectivity index (χ1) is 14.9. The molecular weight excluding hydrogens is 398 g/mol. The Hall–Kier alpha value is -3.13. The van der Waals surface area contributed by atoms with Crippen molar-refractivity contribution in [3.05, 3.63) is 59.5 Å². The molecule has 2 bridgehead atoms. The third-order valence-electron chi connectivity index (χ3n) is 6.42. The zero-order chi connectivity index (χ0) is 21.8. The lowest BCUT2D eigenvalue weighted by molar-refractivity contribution is -0.143. The maximum atomic E-state index is 13.4. The van der Waals surface area contributed by atoms with Crippen LogP contribution in [-0.2, 0) is 27.4 Å². The summed E-state index contributed by atoms with van der Waals surface area (Å²) < 4.78 is 16.8. The average Bonchev–Trinajstić information content (AvgIpc) is 3.50. The molecule has 2 amide bonds. The zero-order valence-electron chi connectivity index (χ0n) is 17.8. The monoisotopic (exact) mass is 423 g/mol. The molecule has 1 aromatic carbocycles. The second-order valence-corrected chi connectivity index (χ2v) is 8.57. The van der Waals surface area contributed by atoms with Crippen LogP contribution in [-0.4, -0.2) is 59.2 Å². The van der Waals surface area contributed by atoms with Gasteiger partial charge in [0.05, 0.1) is 43.8 Å². The summed E-state index contributed by atoms with van der Waals surface area (Å²) in [5.74, 6) is 0.141. The number of methoxy groups -OCH3 is 1. The van der Waals surface area contributed by atoms with Crippen LogP contribution < -0.4 is 4.74 Å². The summed E-state index contributed by atoms with van der Waals surface area (Å²) in [5.41, 5.74) is 1.01. The van der Waals surface area contributed by atoms with Gasteiger partial charge in [-0.05, 0) is 24.6 Å². The molecule has 2 saturated heterocycles. The lowest BCUT2D eigenvalue weighted by Crippen LogP contribution is -2.44. The van der Waals surface area contributed by atoms with Crippen molar-refractivity contribution in [1.29, 1.82) is 0 Å². The van der Waals surface area contributed by atoms with E-state index in [-0.39, 0.29) is 17.9 Å². The lowest BCUT2D eigenvalue weighted by Gasteiger charge is -2.27. The van der Waals surface area contributed by atoms with Crippen LogP contribution in [0, 0.1) is 18.8 Å². The van der Waals surface area contributed by atoms with Crippen LogP contribution in [0.25, 0.3) is 0 Å². The minimum Gasteiger partial charge on any atom is -0.497 e. The number of ether oxygens (including phenoxy) is 2. The number of rotatable bonds is 6. The van der Waals surface area contributed by atoms with Crippen LogP contribution in [0.4, 0.5) is 0 Å². The second-order valence-electron chi connectivity index (χ2n) is 8.57. The Morgan fingerprint density at radius 3 is 2.97 bits per heavy atom. The molecule has 1 aromatic heterocycles. The third-order valence-corrected chi connectivity index (χ3v) is 6.42. The predicted octanol–water partition coefficient (Wildman–Crippen LogP) is 1.93. The number of nitrogens with zero attached hydrogens (tertiary/aromatic N) is 3. The molecule has 0 N–H and O–H groups in total. The molecule has 0 saturated carbocycles. The number of fused-ring (bicyclic) bond motifs is 1. The molecule has 8 nitrogen and oxygen atoms in total. The molecule has 0 aliphatic carbocycles. The van der Waals surface area contributed by atoms with Crippen molar-refractivity contribution in [1.82, 2.24) is 15.0 Å². The number of carbonyl (C=O) groups is 2. The van der Waals surface area contributed by atoms with Crippen molar-refractivity contribution in [2.75, 3.05) is 20.7 Å². The highest BCUT2D eigenvalue weighted by Crippen LogP contribution is 2.52. The smallest absolute Gasteiger partial charge is 0.230 e. The number of hydrogen-bond donors (Lipinski definition) is 0. The van der Waals surface area contributed by atoms with E-state index in [9.17, 15) is 9.59 Å². The molecule has 4 atom stereocenters. The molecule has 1 spiro atoms. The van der Waals surface area contributed by atoms with Gasteiger partial charge in [-0.1, -0.05) is 29.4 Å². The summed E-state index contributed by atoms with van der Waals surface area (Å²) in [6.07, 6.45) is 3.52. The first kappa shape index (κ1) is 19.8. The number of likely N-dealkylation sites (tertiary alicyclic amines) is 1. The fourth-order valence-corrected chi connectivity index (χ4v) is 5.04. The van der Waals surface area contributed by atoms with E-state index in [1.807, 2.05) is 43.3 Å². The van der Waals surface area contributed by atoms with E-state index in [1.54, 1.807) is 30.0 Å². The Labute approximate surface area is 180 Å². The minimum absolute atomic E-state index is 0.0445. The van der Waals surface area contributed by atoms with Crippen molar-refractivity contribution in [3.8, 4) is 5.75 Å². The molecule has 3 aliphatic heterocycles. The van der Waals surface area contributed by atoms with Gasteiger partial charge in [0, 0.05) is 19.7 Å². The molecule has 4 heterocycles. The third kappa shape index (κ3) is 3.22. The van der Waals surface area contributed by atoms with Crippen LogP contribution in [0.1, 0.15) is 17.0 Å². The number of amides is 2.